The third-order valence-corrected chi connectivity index (χ3v) is 10.6. The number of aliphatic hydroxyl groups excluding tert-OH is 2. The molecule has 3 aromatic heterocycles. The van der Waals surface area contributed by atoms with Crippen LogP contribution in [0.4, 0.5) is 0 Å². The van der Waals surface area contributed by atoms with Crippen LogP contribution in [0, 0.1) is 96.3 Å². The van der Waals surface area contributed by atoms with Crippen LogP contribution >= 0.6 is 23.2 Å². The van der Waals surface area contributed by atoms with Gasteiger partial charge in [0.25, 0.3) is 0 Å². The number of alkyl halides is 2. The molecular weight excluding hydrogens is 1090 g/mol. The van der Waals surface area contributed by atoms with Crippen molar-refractivity contribution in [3.63, 3.8) is 0 Å². The molecule has 0 aliphatic heterocycles. The second kappa shape index (κ2) is 43.6. The number of aromatic hydroxyl groups is 1. The highest BCUT2D eigenvalue weighted by Crippen LogP contribution is 2.26. The molecule has 3 rings (SSSR count). The van der Waals surface area contributed by atoms with Gasteiger partial charge >= 0.3 is 29.8 Å². The highest BCUT2D eigenvalue weighted by molar-refractivity contribution is 6.40. The predicted molar refractivity (Wildman–Crippen MR) is 295 cm³/mol. The van der Waals surface area contributed by atoms with Crippen molar-refractivity contribution < 1.29 is 87.0 Å². The Morgan fingerprint density at radius 2 is 0.762 bits per heavy atom. The molecule has 80 heavy (non-hydrogen) atoms. The van der Waals surface area contributed by atoms with E-state index in [4.69, 9.17) is 109 Å². The Bertz CT molecular complexity index is 2520. The van der Waals surface area contributed by atoms with Gasteiger partial charge in [-0.2, -0.15) is 0 Å². The SMILES string of the molecule is C#CCOC(C)C(=O)O.C#CCOC(C)C(=O)OCc1cnc(C)c(C)c1COC(=O)C(C)OCC#C.C#CCOC(C)C(=O)OCc1cnc(C)c(O)c1COC(=O)C(C)OCC#C.Cc1ncc(CO)c(CO)c1C.ClCCl. The minimum Gasteiger partial charge on any atom is -0.506 e. The molecule has 3 heterocycles. The second-order valence-corrected chi connectivity index (χ2v) is 16.9. The van der Waals surface area contributed by atoms with Crippen molar-refractivity contribution in [2.45, 2.75) is 139 Å². The number of esters is 4. The molecule has 0 spiro atoms. The summed E-state index contributed by atoms with van der Waals surface area (Å²) in [7, 11) is 0. The standard InChI is InChI=1S/C21H25NO6.C20H23NO7.C9H13NO2.C6H8O3.CH2Cl2/c1-7-9-25-16(5)20(23)27-12-18-11-22-15(4)14(3)19(18)13-28-21(24)17(6)26-10-8-2;1-6-8-25-14(4)19(23)27-11-16-10-21-13(3)18(22)17(16)12-28-20(24)15(5)26-9-7-2;1-6-7(2)10-3-8(4-11)9(6)5-12;1-3-4-9-5(2)6(7)8;2-1-3/h1-2,11,16-17H,9-10,12-13H2,3-6H3;1-2,10,14-15,22H,8-9,11-12H2,3-5H3;3,11-12H,4-5H2,1-2H3;1,5H,4H2,2H3,(H,7,8);1H2. The van der Waals surface area contributed by atoms with Crippen molar-refractivity contribution in [2.75, 3.05) is 38.4 Å². The van der Waals surface area contributed by atoms with E-state index in [0.717, 1.165) is 33.6 Å². The third-order valence-electron chi connectivity index (χ3n) is 10.6. The number of nitrogens with zero attached hydrogens (tertiary/aromatic N) is 3. The minimum atomic E-state index is -0.995. The summed E-state index contributed by atoms with van der Waals surface area (Å²) < 4.78 is 46.0. The summed E-state index contributed by atoms with van der Waals surface area (Å²) in [6.07, 6.45) is 25.7. The zero-order valence-electron chi connectivity index (χ0n) is 46.6. The van der Waals surface area contributed by atoms with Crippen LogP contribution in [-0.4, -0.2) is 134 Å². The normalized spacial score (nSPS) is 11.8. The molecule has 0 fully saturated rings. The van der Waals surface area contributed by atoms with Crippen LogP contribution in [-0.2, 0) is 106 Å². The molecule has 0 saturated heterocycles. The van der Waals surface area contributed by atoms with Crippen molar-refractivity contribution in [3.8, 4) is 67.5 Å². The number of halogens is 2. The van der Waals surface area contributed by atoms with Gasteiger partial charge < -0.3 is 63.1 Å². The molecule has 0 saturated carbocycles. The number of rotatable bonds is 25. The Morgan fingerprint density at radius 1 is 0.475 bits per heavy atom. The largest absolute Gasteiger partial charge is 0.506 e. The number of aryl methyl sites for hydroxylation is 3. The fourth-order valence-corrected chi connectivity index (χ4v) is 5.53. The summed E-state index contributed by atoms with van der Waals surface area (Å²) in [5.74, 6) is 7.74. The maximum Gasteiger partial charge on any atom is 0.335 e. The van der Waals surface area contributed by atoms with Crippen molar-refractivity contribution in [1.82, 2.24) is 15.0 Å². The van der Waals surface area contributed by atoms with Crippen LogP contribution in [0.2, 0.25) is 0 Å². The summed E-state index contributed by atoms with van der Waals surface area (Å²) in [4.78, 5) is 70.3. The maximum atomic E-state index is 12.0. The van der Waals surface area contributed by atoms with Crippen LogP contribution in [0.15, 0.2) is 18.6 Å². The van der Waals surface area contributed by atoms with E-state index >= 15 is 0 Å². The summed E-state index contributed by atoms with van der Waals surface area (Å²) >= 11 is 9.53. The van der Waals surface area contributed by atoms with Crippen LogP contribution in [0.5, 0.6) is 5.75 Å². The van der Waals surface area contributed by atoms with E-state index in [1.165, 1.54) is 27.0 Å². The quantitative estimate of drug-likeness (QED) is 0.0361. The molecule has 0 aliphatic rings. The monoisotopic (exact) mass is 1160 g/mol. The van der Waals surface area contributed by atoms with Crippen molar-refractivity contribution in [3.05, 3.63) is 80.2 Å². The molecule has 3 aromatic rings. The first-order valence-corrected chi connectivity index (χ1v) is 25.0. The van der Waals surface area contributed by atoms with Gasteiger partial charge in [0, 0.05) is 57.8 Å². The molecular formula is C57H71Cl2N3O18. The fourth-order valence-electron chi connectivity index (χ4n) is 5.53. The van der Waals surface area contributed by atoms with Gasteiger partial charge in [0.2, 0.25) is 0 Å². The number of pyridine rings is 3. The van der Waals surface area contributed by atoms with Gasteiger partial charge in [-0.05, 0) is 85.9 Å². The fraction of sp³-hybridized carbons (Fsp3) is 0.474. The lowest BCUT2D eigenvalue weighted by Gasteiger charge is -2.17. The average Bonchev–Trinajstić information content (AvgIpc) is 3.44. The molecule has 0 amide bonds. The van der Waals surface area contributed by atoms with Gasteiger partial charge in [0.1, 0.15) is 65.2 Å². The van der Waals surface area contributed by atoms with Crippen molar-refractivity contribution in [1.29, 1.82) is 0 Å². The Kier molecular flexibility index (Phi) is 40.7. The molecule has 21 nitrogen and oxygen atoms in total. The molecule has 0 aromatic carbocycles. The number of hydrogen-bond acceptors (Lipinski definition) is 20. The highest BCUT2D eigenvalue weighted by Gasteiger charge is 2.22. The van der Waals surface area contributed by atoms with E-state index in [2.05, 4.69) is 49.3 Å². The van der Waals surface area contributed by atoms with Gasteiger partial charge in [-0.1, -0.05) is 29.6 Å². The zero-order valence-corrected chi connectivity index (χ0v) is 48.1. The number of aliphatic carboxylic acids is 1. The first-order chi connectivity index (χ1) is 37.9. The van der Waals surface area contributed by atoms with E-state index in [1.807, 2.05) is 27.7 Å². The maximum absolute atomic E-state index is 12.0. The lowest BCUT2D eigenvalue weighted by atomic mass is 10.0. The third kappa shape index (κ3) is 29.6. The Balaban J connectivity index is 0. The van der Waals surface area contributed by atoms with E-state index < -0.39 is 60.4 Å². The molecule has 23 heteroatoms. The van der Waals surface area contributed by atoms with Crippen LogP contribution in [0.3, 0.4) is 0 Å². The number of carboxylic acids is 1. The first-order valence-electron chi connectivity index (χ1n) is 24.0. The van der Waals surface area contributed by atoms with Crippen molar-refractivity contribution >= 4 is 53.0 Å². The topological polar surface area (TPSA) is 288 Å². The van der Waals surface area contributed by atoms with Gasteiger partial charge in [-0.3, -0.25) is 15.0 Å². The molecule has 436 valence electrons. The van der Waals surface area contributed by atoms with E-state index in [9.17, 15) is 29.1 Å². The lowest BCUT2D eigenvalue weighted by molar-refractivity contribution is -0.158. The first kappa shape index (κ1) is 74.8. The van der Waals surface area contributed by atoms with Crippen LogP contribution in [0.1, 0.15) is 96.2 Å². The van der Waals surface area contributed by atoms with E-state index in [0.29, 0.717) is 22.4 Å². The number of carbonyl (C=O) groups is 5. The lowest BCUT2D eigenvalue weighted by Crippen LogP contribution is -2.25. The zero-order chi connectivity index (χ0) is 61.3. The number of terminal acetylenes is 5. The molecule has 5 atom stereocenters. The predicted octanol–water partition coefficient (Wildman–Crippen LogP) is 5.33. The number of aliphatic hydroxyl groups is 2. The molecule has 0 radical (unpaired) electrons. The number of ether oxygens (including phenoxy) is 9. The van der Waals surface area contributed by atoms with Crippen molar-refractivity contribution in [2.24, 2.45) is 0 Å². The Hall–Kier alpha value is -7.30. The van der Waals surface area contributed by atoms with Gasteiger partial charge in [0.05, 0.1) is 24.2 Å². The summed E-state index contributed by atoms with van der Waals surface area (Å²) in [6.45, 7) is 16.0. The van der Waals surface area contributed by atoms with Gasteiger partial charge in [-0.25, -0.2) is 24.0 Å². The number of carboxylic acid groups (broad SMARTS) is 1. The number of carbonyl (C=O) groups excluding carboxylic acids is 4. The molecule has 0 bridgehead atoms. The molecule has 0 aliphatic carbocycles. The van der Waals surface area contributed by atoms with E-state index in [-0.39, 0.29) is 89.3 Å². The summed E-state index contributed by atoms with van der Waals surface area (Å²) in [6, 6.07) is 0. The van der Waals surface area contributed by atoms with Crippen LogP contribution in [0.25, 0.3) is 0 Å². The van der Waals surface area contributed by atoms with Gasteiger partial charge in [-0.15, -0.1) is 55.3 Å². The average molecular weight is 1160 g/mol. The highest BCUT2D eigenvalue weighted by atomic mass is 35.5. The summed E-state index contributed by atoms with van der Waals surface area (Å²) in [5.41, 5.74) is 7.33. The Morgan fingerprint density at radius 3 is 1.09 bits per heavy atom. The summed E-state index contributed by atoms with van der Waals surface area (Å²) in [5, 5.41) is 36.6. The minimum absolute atomic E-state index is 0.00614. The van der Waals surface area contributed by atoms with Crippen LogP contribution < -0.4 is 0 Å². The second-order valence-electron chi connectivity index (χ2n) is 16.1. The van der Waals surface area contributed by atoms with E-state index in [1.54, 1.807) is 33.2 Å². The van der Waals surface area contributed by atoms with Gasteiger partial charge in [0.15, 0.2) is 30.5 Å². The number of hydrogen-bond donors (Lipinski definition) is 4. The molecule has 4 N–H and O–H groups in total. The smallest absolute Gasteiger partial charge is 0.335 e. The number of aromatic nitrogens is 3. The molecule has 5 unspecified atom stereocenters. The Labute approximate surface area is 478 Å².